The summed E-state index contributed by atoms with van der Waals surface area (Å²) in [5.41, 5.74) is 0. The van der Waals surface area contributed by atoms with E-state index in [9.17, 15) is 4.79 Å². The summed E-state index contributed by atoms with van der Waals surface area (Å²) >= 11 is 0. The number of unbranched alkanes of at least 4 members (excludes halogenated alkanes) is 12. The number of carbonyl (C=O) groups excluding carboxylic acids is 1. The van der Waals surface area contributed by atoms with Crippen LogP contribution < -0.4 is 0 Å². The van der Waals surface area contributed by atoms with Crippen molar-refractivity contribution in [3.8, 4) is 0 Å². The van der Waals surface area contributed by atoms with E-state index in [0.29, 0.717) is 18.3 Å². The average Bonchev–Trinajstić information content (AvgIpc) is 2.68. The first-order valence-corrected chi connectivity index (χ1v) is 12.0. The average molecular weight is 381 g/mol. The van der Waals surface area contributed by atoms with E-state index in [2.05, 4.69) is 19.1 Å². The predicted octanol–water partition coefficient (Wildman–Crippen LogP) is 7.78. The standard InChI is InChI=1S/C18H36O.C7H12O/c1-2-3-4-5-6-7-8-9-10-11-12-13-14-15-16-17-18-19;1-6-4-2-3-5-7(6)8/h9-10,19H,2-8,11-18H2,1H3;6H,2-5H2,1H3/b10-9-;. The minimum atomic E-state index is 0.362. The van der Waals surface area contributed by atoms with E-state index >= 15 is 0 Å². The smallest absolute Gasteiger partial charge is 0.135 e. The highest BCUT2D eigenvalue weighted by molar-refractivity contribution is 5.81. The van der Waals surface area contributed by atoms with Crippen LogP contribution in [0.15, 0.2) is 12.2 Å². The van der Waals surface area contributed by atoms with Crippen LogP contribution in [0.4, 0.5) is 0 Å². The van der Waals surface area contributed by atoms with E-state index in [-0.39, 0.29) is 0 Å². The van der Waals surface area contributed by atoms with Crippen molar-refractivity contribution in [2.24, 2.45) is 5.92 Å². The molecule has 1 rings (SSSR count). The molecule has 27 heavy (non-hydrogen) atoms. The topological polar surface area (TPSA) is 37.3 Å². The molecule has 1 N–H and O–H groups in total. The van der Waals surface area contributed by atoms with Crippen LogP contribution >= 0.6 is 0 Å². The van der Waals surface area contributed by atoms with Crippen molar-refractivity contribution in [2.45, 2.75) is 129 Å². The highest BCUT2D eigenvalue weighted by atomic mass is 16.2. The number of aliphatic hydroxyl groups is 1. The molecule has 0 aromatic carbocycles. The van der Waals surface area contributed by atoms with Crippen molar-refractivity contribution in [1.82, 2.24) is 0 Å². The Labute approximate surface area is 170 Å². The van der Waals surface area contributed by atoms with Gasteiger partial charge in [0.2, 0.25) is 0 Å². The highest BCUT2D eigenvalue weighted by Crippen LogP contribution is 2.19. The highest BCUT2D eigenvalue weighted by Gasteiger charge is 2.16. The second-order valence-corrected chi connectivity index (χ2v) is 8.27. The van der Waals surface area contributed by atoms with Crippen LogP contribution in [0.1, 0.15) is 129 Å². The molecule has 1 atom stereocenters. The van der Waals surface area contributed by atoms with E-state index in [4.69, 9.17) is 5.11 Å². The molecule has 1 saturated carbocycles. The Morgan fingerprint density at radius 2 is 1.33 bits per heavy atom. The van der Waals surface area contributed by atoms with Crippen LogP contribution in [0.5, 0.6) is 0 Å². The molecular formula is C25H48O2. The molecule has 0 aliphatic heterocycles. The zero-order valence-corrected chi connectivity index (χ0v) is 18.5. The fourth-order valence-corrected chi connectivity index (χ4v) is 3.52. The van der Waals surface area contributed by atoms with Gasteiger partial charge in [-0.15, -0.1) is 0 Å². The molecular weight excluding hydrogens is 332 g/mol. The number of hydrogen-bond donors (Lipinski definition) is 1. The van der Waals surface area contributed by atoms with Gasteiger partial charge in [0, 0.05) is 18.9 Å². The third kappa shape index (κ3) is 19.9. The van der Waals surface area contributed by atoms with Gasteiger partial charge in [-0.1, -0.05) is 90.2 Å². The number of Topliss-reactive ketones (excluding diaryl/α,β-unsaturated/α-hetero) is 1. The largest absolute Gasteiger partial charge is 0.396 e. The second-order valence-electron chi connectivity index (χ2n) is 8.27. The van der Waals surface area contributed by atoms with Gasteiger partial charge < -0.3 is 5.11 Å². The lowest BCUT2D eigenvalue weighted by Gasteiger charge is -2.14. The van der Waals surface area contributed by atoms with Crippen LogP contribution in [0, 0.1) is 5.92 Å². The van der Waals surface area contributed by atoms with Crippen LogP contribution in [-0.4, -0.2) is 17.5 Å². The zero-order chi connectivity index (χ0) is 20.0. The summed E-state index contributed by atoms with van der Waals surface area (Å²) in [5.74, 6) is 0.833. The fourth-order valence-electron chi connectivity index (χ4n) is 3.52. The molecule has 0 spiro atoms. The summed E-state index contributed by atoms with van der Waals surface area (Å²) in [6, 6.07) is 0. The third-order valence-electron chi connectivity index (χ3n) is 5.53. The number of aliphatic hydroxyl groups excluding tert-OH is 1. The van der Waals surface area contributed by atoms with Crippen LogP contribution in [0.25, 0.3) is 0 Å². The Bertz CT molecular complexity index is 335. The second kappa shape index (κ2) is 21.7. The lowest BCUT2D eigenvalue weighted by atomic mass is 9.90. The molecule has 2 heteroatoms. The van der Waals surface area contributed by atoms with Gasteiger partial charge >= 0.3 is 0 Å². The summed E-state index contributed by atoms with van der Waals surface area (Å²) in [6.07, 6.45) is 27.5. The molecule has 0 aromatic heterocycles. The first kappa shape index (κ1) is 26.4. The molecule has 0 amide bonds. The molecule has 0 heterocycles. The van der Waals surface area contributed by atoms with Crippen molar-refractivity contribution in [2.75, 3.05) is 6.61 Å². The number of allylic oxidation sites excluding steroid dienone is 2. The number of ketones is 1. The summed E-state index contributed by atoms with van der Waals surface area (Å²) in [7, 11) is 0. The lowest BCUT2D eigenvalue weighted by molar-refractivity contribution is -0.123. The Balaban J connectivity index is 0.000000694. The van der Waals surface area contributed by atoms with Crippen molar-refractivity contribution < 1.29 is 9.90 Å². The van der Waals surface area contributed by atoms with E-state index in [0.717, 1.165) is 25.7 Å². The summed E-state index contributed by atoms with van der Waals surface area (Å²) in [4.78, 5) is 10.8. The third-order valence-corrected chi connectivity index (χ3v) is 5.53. The van der Waals surface area contributed by atoms with Crippen molar-refractivity contribution in [1.29, 1.82) is 0 Å². The molecule has 1 fully saturated rings. The first-order chi connectivity index (χ1) is 13.2. The van der Waals surface area contributed by atoms with Gasteiger partial charge in [-0.25, -0.2) is 0 Å². The van der Waals surface area contributed by atoms with E-state index in [1.807, 2.05) is 6.92 Å². The molecule has 0 saturated heterocycles. The zero-order valence-electron chi connectivity index (χ0n) is 18.5. The molecule has 1 aliphatic carbocycles. The van der Waals surface area contributed by atoms with Gasteiger partial charge in [0.1, 0.15) is 5.78 Å². The van der Waals surface area contributed by atoms with Gasteiger partial charge in [0.25, 0.3) is 0 Å². The van der Waals surface area contributed by atoms with Crippen molar-refractivity contribution in [3.05, 3.63) is 12.2 Å². The molecule has 160 valence electrons. The van der Waals surface area contributed by atoms with Crippen LogP contribution in [0.3, 0.4) is 0 Å². The summed E-state index contributed by atoms with van der Waals surface area (Å²) in [5, 5.41) is 8.66. The van der Waals surface area contributed by atoms with E-state index in [1.165, 1.54) is 89.9 Å². The molecule has 1 unspecified atom stereocenters. The number of rotatable bonds is 15. The minimum absolute atomic E-state index is 0.362. The molecule has 0 radical (unpaired) electrons. The van der Waals surface area contributed by atoms with E-state index < -0.39 is 0 Å². The quantitative estimate of drug-likeness (QED) is 0.232. The summed E-state index contributed by atoms with van der Waals surface area (Å²) in [6.45, 7) is 4.66. The number of carbonyl (C=O) groups is 1. The Morgan fingerprint density at radius 3 is 1.78 bits per heavy atom. The SMILES string of the molecule is CC1CCCCC1=O.CCCCCCCC/C=C\CCCCCCCCO. The molecule has 2 nitrogen and oxygen atoms in total. The van der Waals surface area contributed by atoms with Gasteiger partial charge in [0.15, 0.2) is 0 Å². The summed E-state index contributed by atoms with van der Waals surface area (Å²) < 4.78 is 0. The minimum Gasteiger partial charge on any atom is -0.396 e. The normalized spacial score (nSPS) is 17.1. The predicted molar refractivity (Wildman–Crippen MR) is 119 cm³/mol. The molecule has 1 aliphatic rings. The Morgan fingerprint density at radius 1 is 0.815 bits per heavy atom. The maximum absolute atomic E-state index is 10.8. The van der Waals surface area contributed by atoms with Gasteiger partial charge in [-0.2, -0.15) is 0 Å². The van der Waals surface area contributed by atoms with Crippen LogP contribution in [0.2, 0.25) is 0 Å². The number of hydrogen-bond acceptors (Lipinski definition) is 2. The maximum atomic E-state index is 10.8. The van der Waals surface area contributed by atoms with Crippen molar-refractivity contribution >= 4 is 5.78 Å². The van der Waals surface area contributed by atoms with Gasteiger partial charge in [0.05, 0.1) is 0 Å². The van der Waals surface area contributed by atoms with Gasteiger partial charge in [-0.05, 0) is 44.9 Å². The monoisotopic (exact) mass is 380 g/mol. The van der Waals surface area contributed by atoms with Crippen molar-refractivity contribution in [3.63, 3.8) is 0 Å². The Kier molecular flexibility index (Phi) is 21.2. The first-order valence-electron chi connectivity index (χ1n) is 12.0. The lowest BCUT2D eigenvalue weighted by Crippen LogP contribution is -2.14. The fraction of sp³-hybridized carbons (Fsp3) is 0.880. The Hall–Kier alpha value is -0.630. The van der Waals surface area contributed by atoms with E-state index in [1.54, 1.807) is 0 Å². The maximum Gasteiger partial charge on any atom is 0.135 e. The molecule has 0 bridgehead atoms. The van der Waals surface area contributed by atoms with Crippen LogP contribution in [-0.2, 0) is 4.79 Å². The molecule has 0 aromatic rings. The van der Waals surface area contributed by atoms with Gasteiger partial charge in [-0.3, -0.25) is 4.79 Å².